The average molecular weight is 374 g/mol. The molecule has 0 radical (unpaired) electrons. The lowest BCUT2D eigenvalue weighted by molar-refractivity contribution is 0.0954. The summed E-state index contributed by atoms with van der Waals surface area (Å²) in [5, 5.41) is 10.2. The van der Waals surface area contributed by atoms with Gasteiger partial charge in [-0.25, -0.2) is 9.67 Å². The first-order valence-electron chi connectivity index (χ1n) is 8.68. The van der Waals surface area contributed by atoms with Crippen LogP contribution in [0.4, 0.5) is 0 Å². The van der Waals surface area contributed by atoms with E-state index in [1.54, 1.807) is 22.2 Å². The summed E-state index contributed by atoms with van der Waals surface area (Å²) in [5.41, 5.74) is 3.67. The van der Waals surface area contributed by atoms with E-state index in [2.05, 4.69) is 27.5 Å². The molecule has 0 spiro atoms. The maximum absolute atomic E-state index is 12.3. The quantitative estimate of drug-likeness (QED) is 0.556. The van der Waals surface area contributed by atoms with Gasteiger partial charge in [-0.1, -0.05) is 30.3 Å². The fourth-order valence-electron chi connectivity index (χ4n) is 2.73. The fourth-order valence-corrected chi connectivity index (χ4v) is 3.59. The van der Waals surface area contributed by atoms with Gasteiger partial charge >= 0.3 is 0 Å². The highest BCUT2D eigenvalue weighted by atomic mass is 32.1. The molecule has 5 nitrogen and oxygen atoms in total. The van der Waals surface area contributed by atoms with Gasteiger partial charge in [0.2, 0.25) is 0 Å². The lowest BCUT2D eigenvalue weighted by Gasteiger charge is -2.06. The first kappa shape index (κ1) is 17.2. The third-order valence-corrected chi connectivity index (χ3v) is 5.08. The van der Waals surface area contributed by atoms with E-state index in [1.807, 2.05) is 60.1 Å². The number of aromatic nitrogens is 3. The Balaban J connectivity index is 1.31. The molecule has 0 bridgehead atoms. The first-order chi connectivity index (χ1) is 13.3. The molecule has 27 heavy (non-hydrogen) atoms. The molecule has 0 aliphatic heterocycles. The van der Waals surface area contributed by atoms with Gasteiger partial charge in [0.25, 0.3) is 5.91 Å². The summed E-state index contributed by atoms with van der Waals surface area (Å²) in [7, 11) is 0. The highest BCUT2D eigenvalue weighted by molar-refractivity contribution is 7.13. The Hall–Kier alpha value is -3.25. The Morgan fingerprint density at radius 1 is 1.04 bits per heavy atom. The van der Waals surface area contributed by atoms with Crippen molar-refractivity contribution in [3.05, 3.63) is 89.7 Å². The summed E-state index contributed by atoms with van der Waals surface area (Å²) in [5.74, 6) is -0.0828. The predicted molar refractivity (Wildman–Crippen MR) is 107 cm³/mol. The molecule has 0 unspecified atom stereocenters. The Labute approximate surface area is 161 Å². The van der Waals surface area contributed by atoms with Crippen LogP contribution in [0.1, 0.15) is 16.1 Å². The number of carbonyl (C=O) groups is 1. The molecule has 0 atom stereocenters. The minimum atomic E-state index is -0.0828. The number of hydrogen-bond donors (Lipinski definition) is 1. The van der Waals surface area contributed by atoms with Crippen molar-refractivity contribution in [1.82, 2.24) is 20.1 Å². The summed E-state index contributed by atoms with van der Waals surface area (Å²) in [4.78, 5) is 17.0. The zero-order valence-electron chi connectivity index (χ0n) is 14.6. The maximum Gasteiger partial charge on any atom is 0.251 e. The van der Waals surface area contributed by atoms with E-state index in [9.17, 15) is 4.79 Å². The second-order valence-electron chi connectivity index (χ2n) is 6.01. The lowest BCUT2D eigenvalue weighted by atomic mass is 10.2. The first-order valence-corrected chi connectivity index (χ1v) is 9.56. The van der Waals surface area contributed by atoms with Gasteiger partial charge in [0.05, 0.1) is 11.4 Å². The predicted octanol–water partition coefficient (Wildman–Crippen LogP) is 3.97. The van der Waals surface area contributed by atoms with Gasteiger partial charge in [0.15, 0.2) is 0 Å². The number of nitrogens with zero attached hydrogens (tertiary/aromatic N) is 3. The third-order valence-electron chi connectivity index (χ3n) is 4.14. The second-order valence-corrected chi connectivity index (χ2v) is 6.87. The van der Waals surface area contributed by atoms with Crippen molar-refractivity contribution in [2.24, 2.45) is 0 Å². The summed E-state index contributed by atoms with van der Waals surface area (Å²) < 4.78 is 1.76. The van der Waals surface area contributed by atoms with E-state index < -0.39 is 0 Å². The van der Waals surface area contributed by atoms with E-state index in [1.165, 1.54) is 0 Å². The molecule has 1 amide bonds. The van der Waals surface area contributed by atoms with Crippen LogP contribution >= 0.6 is 11.3 Å². The molecule has 2 heterocycles. The highest BCUT2D eigenvalue weighted by Crippen LogP contribution is 2.23. The van der Waals surface area contributed by atoms with Gasteiger partial charge in [0.1, 0.15) is 5.01 Å². The molecule has 4 rings (SSSR count). The van der Waals surface area contributed by atoms with Crippen molar-refractivity contribution in [2.45, 2.75) is 6.42 Å². The number of hydrogen-bond acceptors (Lipinski definition) is 4. The van der Waals surface area contributed by atoms with Gasteiger partial charge in [-0.05, 0) is 30.3 Å². The topological polar surface area (TPSA) is 59.8 Å². The smallest absolute Gasteiger partial charge is 0.251 e. The molecular formula is C21H18N4OS. The Morgan fingerprint density at radius 3 is 2.59 bits per heavy atom. The Morgan fingerprint density at radius 2 is 1.85 bits per heavy atom. The van der Waals surface area contributed by atoms with Crippen LogP contribution in [0, 0.1) is 0 Å². The molecule has 134 valence electrons. The number of nitrogens with one attached hydrogen (secondary N) is 1. The molecule has 0 aliphatic carbocycles. The number of amides is 1. The van der Waals surface area contributed by atoms with Gasteiger partial charge in [0, 0.05) is 41.9 Å². The zero-order valence-corrected chi connectivity index (χ0v) is 15.4. The number of rotatable bonds is 6. The molecular weight excluding hydrogens is 356 g/mol. The van der Waals surface area contributed by atoms with E-state index >= 15 is 0 Å². The van der Waals surface area contributed by atoms with E-state index in [-0.39, 0.29) is 5.91 Å². The van der Waals surface area contributed by atoms with Gasteiger partial charge < -0.3 is 5.32 Å². The lowest BCUT2D eigenvalue weighted by Crippen LogP contribution is -2.25. The van der Waals surface area contributed by atoms with E-state index in [0.29, 0.717) is 18.5 Å². The molecule has 0 saturated heterocycles. The standard InChI is InChI=1S/C21H18N4OS/c26-20(16-7-9-19(10-8-16)25-14-4-12-23-25)22-13-11-18-15-27-21(24-18)17-5-2-1-3-6-17/h1-10,12,14-15H,11,13H2,(H,22,26). The van der Waals surface area contributed by atoms with Crippen LogP contribution in [-0.2, 0) is 6.42 Å². The molecule has 0 saturated carbocycles. The van der Waals surface area contributed by atoms with Gasteiger partial charge in [-0.15, -0.1) is 11.3 Å². The van der Waals surface area contributed by atoms with Crippen molar-refractivity contribution in [3.8, 4) is 16.3 Å². The van der Waals surface area contributed by atoms with Crippen LogP contribution in [-0.4, -0.2) is 27.2 Å². The van der Waals surface area contributed by atoms with Crippen molar-refractivity contribution in [2.75, 3.05) is 6.54 Å². The largest absolute Gasteiger partial charge is 0.352 e. The second kappa shape index (κ2) is 7.97. The average Bonchev–Trinajstić information content (AvgIpc) is 3.41. The van der Waals surface area contributed by atoms with Crippen LogP contribution in [0.5, 0.6) is 0 Å². The van der Waals surface area contributed by atoms with E-state index in [0.717, 1.165) is 22.0 Å². The molecule has 2 aromatic carbocycles. The molecule has 0 aliphatic rings. The van der Waals surface area contributed by atoms with Crippen molar-refractivity contribution < 1.29 is 4.79 Å². The number of thiazole rings is 1. The van der Waals surface area contributed by atoms with Gasteiger partial charge in [-0.3, -0.25) is 4.79 Å². The molecule has 4 aromatic rings. The summed E-state index contributed by atoms with van der Waals surface area (Å²) in [6.45, 7) is 0.553. The molecule has 6 heteroatoms. The minimum absolute atomic E-state index is 0.0828. The number of carbonyl (C=O) groups excluding carboxylic acids is 1. The number of benzene rings is 2. The van der Waals surface area contributed by atoms with E-state index in [4.69, 9.17) is 0 Å². The van der Waals surface area contributed by atoms with Gasteiger partial charge in [-0.2, -0.15) is 5.10 Å². The maximum atomic E-state index is 12.3. The van der Waals surface area contributed by atoms with Crippen molar-refractivity contribution in [1.29, 1.82) is 0 Å². The van der Waals surface area contributed by atoms with Crippen molar-refractivity contribution >= 4 is 17.2 Å². The van der Waals surface area contributed by atoms with Crippen molar-refractivity contribution in [3.63, 3.8) is 0 Å². The highest BCUT2D eigenvalue weighted by Gasteiger charge is 2.08. The summed E-state index contributed by atoms with van der Waals surface area (Å²) in [6, 6.07) is 19.4. The van der Waals surface area contributed by atoms with Crippen LogP contribution in [0.2, 0.25) is 0 Å². The molecule has 0 fully saturated rings. The van der Waals surface area contributed by atoms with Crippen LogP contribution in [0.25, 0.3) is 16.3 Å². The fraction of sp³-hybridized carbons (Fsp3) is 0.0952. The zero-order chi connectivity index (χ0) is 18.5. The Bertz CT molecular complexity index is 1010. The molecule has 1 N–H and O–H groups in total. The van der Waals surface area contributed by atoms with Crippen LogP contribution in [0.15, 0.2) is 78.4 Å². The minimum Gasteiger partial charge on any atom is -0.352 e. The summed E-state index contributed by atoms with van der Waals surface area (Å²) in [6.07, 6.45) is 4.30. The normalized spacial score (nSPS) is 10.7. The Kier molecular flexibility index (Phi) is 5.07. The summed E-state index contributed by atoms with van der Waals surface area (Å²) >= 11 is 1.63. The van der Waals surface area contributed by atoms with Crippen LogP contribution in [0.3, 0.4) is 0 Å². The molecule has 2 aromatic heterocycles. The monoisotopic (exact) mass is 374 g/mol. The van der Waals surface area contributed by atoms with Crippen LogP contribution < -0.4 is 5.32 Å². The third kappa shape index (κ3) is 4.12. The SMILES string of the molecule is O=C(NCCc1csc(-c2ccccc2)n1)c1ccc(-n2cccn2)cc1.